The summed E-state index contributed by atoms with van der Waals surface area (Å²) in [5.41, 5.74) is 1.77. The lowest BCUT2D eigenvalue weighted by Gasteiger charge is -2.02. The van der Waals surface area contributed by atoms with E-state index in [-0.39, 0.29) is 11.5 Å². The van der Waals surface area contributed by atoms with Crippen molar-refractivity contribution < 1.29 is 8.83 Å². The average molecular weight is 401 g/mol. The van der Waals surface area contributed by atoms with Crippen LogP contribution in [-0.2, 0) is 0 Å². The van der Waals surface area contributed by atoms with Crippen LogP contribution in [0.25, 0.3) is 43.1 Å². The molecule has 5 aromatic rings. The molecule has 0 N–H and O–H groups in total. The van der Waals surface area contributed by atoms with Gasteiger partial charge in [-0.1, -0.05) is 29.3 Å². The van der Waals surface area contributed by atoms with Crippen molar-refractivity contribution in [2.24, 2.45) is 0 Å². The van der Waals surface area contributed by atoms with E-state index in [0.717, 1.165) is 21.4 Å². The van der Waals surface area contributed by atoms with Crippen LogP contribution in [0.15, 0.2) is 73.0 Å². The second-order valence-corrected chi connectivity index (χ2v) is 8.06. The molecule has 0 aliphatic carbocycles. The highest BCUT2D eigenvalue weighted by molar-refractivity contribution is 7.18. The van der Waals surface area contributed by atoms with Crippen molar-refractivity contribution >= 4 is 33.0 Å². The molecule has 0 aliphatic heterocycles. The Hall–Kier alpha value is -3.51. The van der Waals surface area contributed by atoms with Crippen LogP contribution >= 0.6 is 11.3 Å². The normalized spacial score (nSPS) is 11.4. The van der Waals surface area contributed by atoms with E-state index in [4.69, 9.17) is 8.83 Å². The van der Waals surface area contributed by atoms with Gasteiger partial charge >= 0.3 is 11.3 Å². The maximum atomic E-state index is 12.4. The summed E-state index contributed by atoms with van der Waals surface area (Å²) >= 11 is 1.35. The minimum atomic E-state index is -0.420. The van der Waals surface area contributed by atoms with Gasteiger partial charge in [0.2, 0.25) is 5.89 Å². The molecule has 29 heavy (non-hydrogen) atoms. The molecule has 5 nitrogen and oxygen atoms in total. The van der Waals surface area contributed by atoms with Crippen molar-refractivity contribution in [3.8, 4) is 21.4 Å². The Morgan fingerprint density at radius 3 is 2.28 bits per heavy atom. The van der Waals surface area contributed by atoms with Gasteiger partial charge in [0.25, 0.3) is 0 Å². The van der Waals surface area contributed by atoms with Crippen LogP contribution in [0, 0.1) is 13.8 Å². The first-order chi connectivity index (χ1) is 14.0. The van der Waals surface area contributed by atoms with E-state index >= 15 is 0 Å². The SMILES string of the molecule is Cc1ccc2cc(-c3ccc(-c4nc5ccc(C)cc5c(=O)o4)s3)oc(=O)c2c1. The van der Waals surface area contributed by atoms with E-state index in [9.17, 15) is 9.59 Å². The first kappa shape index (κ1) is 17.6. The molecule has 3 aromatic heterocycles. The molecule has 0 saturated heterocycles. The highest BCUT2D eigenvalue weighted by Gasteiger charge is 2.14. The van der Waals surface area contributed by atoms with E-state index in [2.05, 4.69) is 4.98 Å². The number of benzene rings is 2. The third-order valence-electron chi connectivity index (χ3n) is 4.76. The Morgan fingerprint density at radius 1 is 0.759 bits per heavy atom. The largest absolute Gasteiger partial charge is 0.421 e. The Balaban J connectivity index is 1.61. The smallest absolute Gasteiger partial charge is 0.347 e. The molecule has 5 rings (SSSR count). The monoisotopic (exact) mass is 401 g/mol. The van der Waals surface area contributed by atoms with E-state index < -0.39 is 5.63 Å². The number of aryl methyl sites for hydroxylation is 2. The lowest BCUT2D eigenvalue weighted by molar-refractivity contribution is 0.519. The van der Waals surface area contributed by atoms with E-state index in [1.54, 1.807) is 6.07 Å². The molecule has 3 heterocycles. The highest BCUT2D eigenvalue weighted by atomic mass is 32.1. The predicted molar refractivity (Wildman–Crippen MR) is 115 cm³/mol. The molecule has 0 bridgehead atoms. The number of aromatic nitrogens is 1. The van der Waals surface area contributed by atoms with Gasteiger partial charge in [0, 0.05) is 0 Å². The van der Waals surface area contributed by atoms with Crippen molar-refractivity contribution in [1.29, 1.82) is 0 Å². The van der Waals surface area contributed by atoms with E-state index in [1.165, 1.54) is 11.3 Å². The Kier molecular flexibility index (Phi) is 3.96. The van der Waals surface area contributed by atoms with E-state index in [0.29, 0.717) is 26.9 Å². The zero-order valence-electron chi connectivity index (χ0n) is 15.7. The Bertz CT molecular complexity index is 1410. The minimum absolute atomic E-state index is 0.251. The standard InChI is InChI=1S/C23H15NO4S/c1-12-3-5-14-11-18(27-22(25)15(14)9-12)19-7-8-20(29-19)21-24-17-6-4-13(2)10-16(17)23(26)28-21/h3-11H,1-2H3. The molecule has 0 spiro atoms. The molecule has 0 atom stereocenters. The van der Waals surface area contributed by atoms with Gasteiger partial charge in [0.05, 0.1) is 26.0 Å². The second-order valence-electron chi connectivity index (χ2n) is 6.98. The van der Waals surface area contributed by atoms with Gasteiger partial charge < -0.3 is 8.83 Å². The maximum Gasteiger partial charge on any atom is 0.347 e. The van der Waals surface area contributed by atoms with Crippen LogP contribution in [0.1, 0.15) is 11.1 Å². The zero-order valence-corrected chi connectivity index (χ0v) is 16.5. The number of nitrogens with zero attached hydrogens (tertiary/aromatic N) is 1. The fourth-order valence-corrected chi connectivity index (χ4v) is 4.18. The number of thiophene rings is 1. The topological polar surface area (TPSA) is 73.3 Å². The molecule has 0 amide bonds. The molecule has 142 valence electrons. The summed E-state index contributed by atoms with van der Waals surface area (Å²) < 4.78 is 11.0. The molecule has 0 radical (unpaired) electrons. The van der Waals surface area contributed by atoms with Gasteiger partial charge in [-0.15, -0.1) is 11.3 Å². The molecule has 0 saturated carbocycles. The zero-order chi connectivity index (χ0) is 20.1. The molecular formula is C23H15NO4S. The summed E-state index contributed by atoms with van der Waals surface area (Å²) in [6, 6.07) is 16.7. The quantitative estimate of drug-likeness (QED) is 0.401. The number of hydrogen-bond acceptors (Lipinski definition) is 6. The van der Waals surface area contributed by atoms with Gasteiger partial charge in [-0.05, 0) is 55.6 Å². The van der Waals surface area contributed by atoms with Gasteiger partial charge in [0.1, 0.15) is 5.76 Å². The first-order valence-corrected chi connectivity index (χ1v) is 9.86. The molecule has 6 heteroatoms. The van der Waals surface area contributed by atoms with Crippen LogP contribution < -0.4 is 11.3 Å². The van der Waals surface area contributed by atoms with Crippen LogP contribution in [-0.4, -0.2) is 4.98 Å². The van der Waals surface area contributed by atoms with Crippen molar-refractivity contribution in [1.82, 2.24) is 4.98 Å². The third-order valence-corrected chi connectivity index (χ3v) is 5.85. The summed E-state index contributed by atoms with van der Waals surface area (Å²) in [5.74, 6) is 0.725. The fourth-order valence-electron chi connectivity index (χ4n) is 3.30. The average Bonchev–Trinajstić information content (AvgIpc) is 3.19. The van der Waals surface area contributed by atoms with Crippen LogP contribution in [0.4, 0.5) is 0 Å². The van der Waals surface area contributed by atoms with Crippen molar-refractivity contribution in [3.05, 3.63) is 86.6 Å². The van der Waals surface area contributed by atoms with Crippen molar-refractivity contribution in [3.63, 3.8) is 0 Å². The van der Waals surface area contributed by atoms with Crippen molar-refractivity contribution in [2.75, 3.05) is 0 Å². The van der Waals surface area contributed by atoms with Crippen LogP contribution in [0.2, 0.25) is 0 Å². The predicted octanol–water partition coefficient (Wildman–Crippen LogP) is 5.31. The molecule has 0 aliphatic rings. The summed E-state index contributed by atoms with van der Waals surface area (Å²) in [6.07, 6.45) is 0. The van der Waals surface area contributed by atoms with Gasteiger partial charge in [-0.3, -0.25) is 0 Å². The fraction of sp³-hybridized carbons (Fsp3) is 0.0870. The number of fused-ring (bicyclic) bond motifs is 2. The summed E-state index contributed by atoms with van der Waals surface area (Å²) in [7, 11) is 0. The second kappa shape index (κ2) is 6.53. The maximum absolute atomic E-state index is 12.4. The summed E-state index contributed by atoms with van der Waals surface area (Å²) in [5, 5.41) is 1.84. The van der Waals surface area contributed by atoms with Crippen molar-refractivity contribution in [2.45, 2.75) is 13.8 Å². The molecule has 0 unspecified atom stereocenters. The number of rotatable bonds is 2. The lowest BCUT2D eigenvalue weighted by atomic mass is 10.1. The van der Waals surface area contributed by atoms with E-state index in [1.807, 2.05) is 62.4 Å². The molecule has 0 fully saturated rings. The Labute approximate surface area is 168 Å². The highest BCUT2D eigenvalue weighted by Crippen LogP contribution is 2.34. The summed E-state index contributed by atoms with van der Waals surface area (Å²) in [6.45, 7) is 3.85. The van der Waals surface area contributed by atoms with Gasteiger partial charge in [-0.25, -0.2) is 14.6 Å². The molecule has 2 aromatic carbocycles. The summed E-state index contributed by atoms with van der Waals surface area (Å²) in [4.78, 5) is 30.7. The van der Waals surface area contributed by atoms with Gasteiger partial charge in [0.15, 0.2) is 0 Å². The minimum Gasteiger partial charge on any atom is -0.421 e. The number of hydrogen-bond donors (Lipinski definition) is 0. The van der Waals surface area contributed by atoms with Crippen LogP contribution in [0.3, 0.4) is 0 Å². The lowest BCUT2D eigenvalue weighted by Crippen LogP contribution is -2.02. The van der Waals surface area contributed by atoms with Gasteiger partial charge in [-0.2, -0.15) is 0 Å². The van der Waals surface area contributed by atoms with Crippen LogP contribution in [0.5, 0.6) is 0 Å². The molecular weight excluding hydrogens is 386 g/mol. The third kappa shape index (κ3) is 3.07. The first-order valence-electron chi connectivity index (χ1n) is 9.04. The Morgan fingerprint density at radius 2 is 1.45 bits per heavy atom.